The summed E-state index contributed by atoms with van der Waals surface area (Å²) in [4.78, 5) is 0. The van der Waals surface area contributed by atoms with Crippen molar-refractivity contribution in [2.45, 2.75) is 6.54 Å². The van der Waals surface area contributed by atoms with E-state index in [1.54, 1.807) is 4.68 Å². The van der Waals surface area contributed by atoms with Gasteiger partial charge in [0.05, 0.1) is 12.1 Å². The predicted molar refractivity (Wildman–Crippen MR) is 94.4 cm³/mol. The summed E-state index contributed by atoms with van der Waals surface area (Å²) >= 11 is 0. The summed E-state index contributed by atoms with van der Waals surface area (Å²) in [6, 6.07) is 18.6. The van der Waals surface area contributed by atoms with Gasteiger partial charge in [-0.1, -0.05) is 35.5 Å². The van der Waals surface area contributed by atoms with Gasteiger partial charge in [-0.25, -0.2) is 4.68 Å². The first-order valence-electron chi connectivity index (χ1n) is 7.88. The van der Waals surface area contributed by atoms with Gasteiger partial charge in [-0.15, -0.1) is 5.10 Å². The molecule has 0 saturated carbocycles. The minimum Gasteiger partial charge on any atom is -0.460 e. The molecule has 0 aliphatic carbocycles. The van der Waals surface area contributed by atoms with E-state index in [1.165, 1.54) is 0 Å². The van der Waals surface area contributed by atoms with Crippen molar-refractivity contribution >= 4 is 11.0 Å². The SMILES string of the molecule is CNCc1ccc(-c2ccc(-c3ccc4c(c3)nnn4C)cc2)o1. The van der Waals surface area contributed by atoms with Crippen LogP contribution in [0.25, 0.3) is 33.5 Å². The average Bonchev–Trinajstić information content (AvgIpc) is 3.22. The number of nitrogens with one attached hydrogen (secondary N) is 1. The summed E-state index contributed by atoms with van der Waals surface area (Å²) in [6.07, 6.45) is 0. The molecule has 0 fully saturated rings. The minimum absolute atomic E-state index is 0.732. The van der Waals surface area contributed by atoms with E-state index in [9.17, 15) is 0 Å². The Morgan fingerprint density at radius 2 is 1.71 bits per heavy atom. The Kier molecular flexibility index (Phi) is 3.63. The maximum absolute atomic E-state index is 5.83. The quantitative estimate of drug-likeness (QED) is 0.624. The van der Waals surface area contributed by atoms with Gasteiger partial charge in [0.15, 0.2) is 0 Å². The van der Waals surface area contributed by atoms with Gasteiger partial charge in [-0.2, -0.15) is 0 Å². The van der Waals surface area contributed by atoms with E-state index in [4.69, 9.17) is 4.42 Å². The van der Waals surface area contributed by atoms with Gasteiger partial charge < -0.3 is 9.73 Å². The van der Waals surface area contributed by atoms with Gasteiger partial charge in [-0.3, -0.25) is 0 Å². The van der Waals surface area contributed by atoms with E-state index >= 15 is 0 Å². The Bertz CT molecular complexity index is 982. The van der Waals surface area contributed by atoms with Crippen molar-refractivity contribution in [1.82, 2.24) is 20.3 Å². The van der Waals surface area contributed by atoms with Crippen LogP contribution in [0.2, 0.25) is 0 Å². The fourth-order valence-corrected chi connectivity index (χ4v) is 2.85. The molecular weight excluding hydrogens is 300 g/mol. The van der Waals surface area contributed by atoms with Crippen molar-refractivity contribution in [1.29, 1.82) is 0 Å². The van der Waals surface area contributed by atoms with Crippen LogP contribution in [0.5, 0.6) is 0 Å². The highest BCUT2D eigenvalue weighted by molar-refractivity contribution is 5.81. The van der Waals surface area contributed by atoms with Crippen molar-refractivity contribution in [3.63, 3.8) is 0 Å². The molecule has 0 radical (unpaired) electrons. The Morgan fingerprint density at radius 3 is 2.50 bits per heavy atom. The molecule has 0 bridgehead atoms. The topological polar surface area (TPSA) is 55.9 Å². The van der Waals surface area contributed by atoms with E-state index in [0.717, 1.165) is 45.8 Å². The van der Waals surface area contributed by atoms with Gasteiger partial charge >= 0.3 is 0 Å². The van der Waals surface area contributed by atoms with Crippen LogP contribution >= 0.6 is 0 Å². The van der Waals surface area contributed by atoms with Crippen LogP contribution in [0.4, 0.5) is 0 Å². The van der Waals surface area contributed by atoms with Crippen LogP contribution in [0, 0.1) is 0 Å². The number of fused-ring (bicyclic) bond motifs is 1. The summed E-state index contributed by atoms with van der Waals surface area (Å²) in [7, 11) is 3.81. The molecule has 2 heterocycles. The van der Waals surface area contributed by atoms with Gasteiger partial charge in [0.1, 0.15) is 17.0 Å². The van der Waals surface area contributed by atoms with Crippen LogP contribution in [-0.2, 0) is 13.6 Å². The fourth-order valence-electron chi connectivity index (χ4n) is 2.85. The highest BCUT2D eigenvalue weighted by Gasteiger charge is 2.07. The third-order valence-electron chi connectivity index (χ3n) is 4.13. The largest absolute Gasteiger partial charge is 0.460 e. The minimum atomic E-state index is 0.732. The maximum atomic E-state index is 5.83. The number of nitrogens with zero attached hydrogens (tertiary/aromatic N) is 3. The number of benzene rings is 2. The van der Waals surface area contributed by atoms with Gasteiger partial charge in [0.2, 0.25) is 0 Å². The summed E-state index contributed by atoms with van der Waals surface area (Å²) in [5.74, 6) is 1.82. The molecule has 1 N–H and O–H groups in total. The summed E-state index contributed by atoms with van der Waals surface area (Å²) in [5, 5.41) is 11.3. The number of aromatic nitrogens is 3. The Labute approximate surface area is 139 Å². The predicted octanol–water partition coefficient (Wildman–Crippen LogP) is 3.61. The van der Waals surface area contributed by atoms with Gasteiger partial charge in [-0.05, 0) is 42.4 Å². The highest BCUT2D eigenvalue weighted by Crippen LogP contribution is 2.27. The Morgan fingerprint density at radius 1 is 0.958 bits per heavy atom. The van der Waals surface area contributed by atoms with E-state index in [-0.39, 0.29) is 0 Å². The normalized spacial score (nSPS) is 11.2. The van der Waals surface area contributed by atoms with E-state index in [1.807, 2.05) is 26.2 Å². The maximum Gasteiger partial charge on any atom is 0.134 e. The Hall–Kier alpha value is -2.92. The molecule has 24 heavy (non-hydrogen) atoms. The van der Waals surface area contributed by atoms with Crippen LogP contribution in [0.1, 0.15) is 5.76 Å². The number of rotatable bonds is 4. The molecule has 0 aliphatic heterocycles. The zero-order valence-electron chi connectivity index (χ0n) is 13.7. The number of hydrogen-bond acceptors (Lipinski definition) is 4. The first-order valence-corrected chi connectivity index (χ1v) is 7.88. The zero-order valence-corrected chi connectivity index (χ0v) is 13.7. The lowest BCUT2D eigenvalue weighted by Gasteiger charge is -2.04. The fraction of sp³-hybridized carbons (Fsp3) is 0.158. The lowest BCUT2D eigenvalue weighted by molar-refractivity contribution is 0.507. The monoisotopic (exact) mass is 318 g/mol. The third kappa shape index (κ3) is 2.59. The van der Waals surface area contributed by atoms with Crippen LogP contribution in [0.15, 0.2) is 59.0 Å². The van der Waals surface area contributed by atoms with E-state index in [2.05, 4.69) is 58.1 Å². The Balaban J connectivity index is 1.64. The highest BCUT2D eigenvalue weighted by atomic mass is 16.3. The lowest BCUT2D eigenvalue weighted by atomic mass is 10.0. The average molecular weight is 318 g/mol. The molecule has 0 saturated heterocycles. The summed E-state index contributed by atoms with van der Waals surface area (Å²) < 4.78 is 7.61. The summed E-state index contributed by atoms with van der Waals surface area (Å²) in [5.41, 5.74) is 5.28. The molecule has 0 unspecified atom stereocenters. The second-order valence-corrected chi connectivity index (χ2v) is 5.79. The molecule has 2 aromatic heterocycles. The van der Waals surface area contributed by atoms with E-state index in [0.29, 0.717) is 0 Å². The number of furan rings is 1. The molecule has 2 aromatic carbocycles. The third-order valence-corrected chi connectivity index (χ3v) is 4.13. The zero-order chi connectivity index (χ0) is 16.5. The first kappa shape index (κ1) is 14.7. The molecule has 0 atom stereocenters. The molecule has 5 nitrogen and oxygen atoms in total. The second-order valence-electron chi connectivity index (χ2n) is 5.79. The molecule has 0 aliphatic rings. The first-order chi connectivity index (χ1) is 11.7. The second kappa shape index (κ2) is 5.94. The molecule has 0 amide bonds. The van der Waals surface area contributed by atoms with Crippen molar-refractivity contribution in [2.75, 3.05) is 7.05 Å². The van der Waals surface area contributed by atoms with Crippen molar-refractivity contribution in [3.05, 3.63) is 60.4 Å². The molecule has 120 valence electrons. The van der Waals surface area contributed by atoms with Crippen LogP contribution < -0.4 is 5.32 Å². The van der Waals surface area contributed by atoms with Crippen LogP contribution in [-0.4, -0.2) is 22.0 Å². The molecule has 4 aromatic rings. The smallest absolute Gasteiger partial charge is 0.134 e. The van der Waals surface area contributed by atoms with Gasteiger partial charge in [0.25, 0.3) is 0 Å². The van der Waals surface area contributed by atoms with Gasteiger partial charge in [0, 0.05) is 12.6 Å². The number of aryl methyl sites for hydroxylation is 1. The standard InChI is InChI=1S/C19H18N4O/c1-20-12-16-8-10-19(24-16)14-5-3-13(4-6-14)15-7-9-18-17(11-15)21-22-23(18)2/h3-11,20H,12H2,1-2H3. The summed E-state index contributed by atoms with van der Waals surface area (Å²) in [6.45, 7) is 0.732. The molecule has 0 spiro atoms. The molecule has 4 rings (SSSR count). The van der Waals surface area contributed by atoms with Crippen molar-refractivity contribution in [3.8, 4) is 22.5 Å². The van der Waals surface area contributed by atoms with Crippen molar-refractivity contribution in [2.24, 2.45) is 7.05 Å². The number of hydrogen-bond donors (Lipinski definition) is 1. The molecule has 5 heteroatoms. The van der Waals surface area contributed by atoms with E-state index < -0.39 is 0 Å². The lowest BCUT2D eigenvalue weighted by Crippen LogP contribution is -2.03. The van der Waals surface area contributed by atoms with Crippen LogP contribution in [0.3, 0.4) is 0 Å². The van der Waals surface area contributed by atoms with Crippen molar-refractivity contribution < 1.29 is 4.42 Å². The molecular formula is C19H18N4O.